The Morgan fingerprint density at radius 1 is 0.429 bits per heavy atom. The summed E-state index contributed by atoms with van der Waals surface area (Å²) in [5.74, 6) is -2.12. The number of carbonyl (C=O) groups is 2. The third kappa shape index (κ3) is 29.8. The Balaban J connectivity index is -0.000000569. The van der Waals surface area contributed by atoms with E-state index >= 15 is 0 Å². The largest absolute Gasteiger partial charge is 2.00 e. The van der Waals surface area contributed by atoms with Crippen molar-refractivity contribution in [2.24, 2.45) is 11.8 Å². The minimum atomic E-state index is -0.852. The summed E-state index contributed by atoms with van der Waals surface area (Å²) in [4.78, 5) is 21.6. The molecule has 0 aliphatic heterocycles. The first kappa shape index (κ1) is 39.2. The van der Waals surface area contributed by atoms with Gasteiger partial charge in [0.25, 0.3) is 0 Å². The van der Waals surface area contributed by atoms with Crippen LogP contribution >= 0.6 is 0 Å². The maximum absolute atomic E-state index is 10.8. The molecule has 0 saturated heterocycles. The van der Waals surface area contributed by atoms with Gasteiger partial charge >= 0.3 is 23.1 Å². The average Bonchev–Trinajstić information content (AvgIpc) is 2.81. The van der Waals surface area contributed by atoms with Crippen LogP contribution in [0.3, 0.4) is 0 Å². The van der Waals surface area contributed by atoms with Crippen molar-refractivity contribution in [3.8, 4) is 0 Å². The normalized spacial score (nSPS) is 12.2. The van der Waals surface area contributed by atoms with Crippen LogP contribution in [0.15, 0.2) is 0 Å². The Bertz CT molecular complexity index is 402. The number of hydrogen-bond donors (Lipinski definition) is 0. The molecule has 0 spiro atoms. The van der Waals surface area contributed by atoms with Crippen LogP contribution in [0.4, 0.5) is 0 Å². The molecule has 0 aromatic heterocycles. The summed E-state index contributed by atoms with van der Waals surface area (Å²) in [6.45, 7) is 8.52. The average molecular weight is 507 g/mol. The quantitative estimate of drug-likeness (QED) is 0.104. The Morgan fingerprint density at radius 3 is 0.914 bits per heavy atom. The Morgan fingerprint density at radius 2 is 0.686 bits per heavy atom. The van der Waals surface area contributed by atoms with Gasteiger partial charge in [-0.3, -0.25) is 0 Å². The fraction of sp³-hybridized carbons (Fsp3) is 0.933. The van der Waals surface area contributed by atoms with Gasteiger partial charge in [0.15, 0.2) is 0 Å². The molecule has 0 aliphatic carbocycles. The van der Waals surface area contributed by atoms with Gasteiger partial charge in [-0.15, -0.1) is 0 Å². The molecule has 0 radical (unpaired) electrons. The van der Waals surface area contributed by atoms with E-state index in [1.165, 1.54) is 89.9 Å². The summed E-state index contributed by atoms with van der Waals surface area (Å²) in [6, 6.07) is 0. The van der Waals surface area contributed by atoms with Crippen molar-refractivity contribution in [3.63, 3.8) is 0 Å². The summed E-state index contributed by atoms with van der Waals surface area (Å²) >= 11 is 0. The van der Waals surface area contributed by atoms with E-state index < -0.39 is 11.9 Å². The Kier molecular flexibility index (Phi) is 35.6. The molecule has 0 heterocycles. The predicted octanol–water partition coefficient (Wildman–Crippen LogP) is 6.99. The molecule has 0 fully saturated rings. The van der Waals surface area contributed by atoms with Gasteiger partial charge in [0.1, 0.15) is 0 Å². The molecule has 0 N–H and O–H groups in total. The molecule has 0 saturated carbocycles. The van der Waals surface area contributed by atoms with E-state index in [-0.39, 0.29) is 34.9 Å². The van der Waals surface area contributed by atoms with Crippen molar-refractivity contribution in [2.75, 3.05) is 0 Å². The van der Waals surface area contributed by atoms with Crippen LogP contribution in [0, 0.1) is 11.8 Å². The van der Waals surface area contributed by atoms with E-state index in [0.29, 0.717) is 0 Å². The maximum atomic E-state index is 10.8. The molecule has 0 aromatic carbocycles. The minimum Gasteiger partial charge on any atom is -0.550 e. The van der Waals surface area contributed by atoms with Gasteiger partial charge < -0.3 is 19.8 Å². The summed E-state index contributed by atoms with van der Waals surface area (Å²) < 4.78 is 0. The van der Waals surface area contributed by atoms with Crippen molar-refractivity contribution in [3.05, 3.63) is 0 Å². The van der Waals surface area contributed by atoms with Crippen molar-refractivity contribution >= 4 is 35.0 Å². The first-order valence-corrected chi connectivity index (χ1v) is 14.9. The van der Waals surface area contributed by atoms with Crippen LogP contribution in [0.1, 0.15) is 169 Å². The van der Waals surface area contributed by atoms with Gasteiger partial charge in [0.05, 0.1) is 0 Å². The Labute approximate surface area is 235 Å². The molecular formula is C30H58MgO4. The molecule has 0 aromatic rings. The molecule has 2 unspecified atom stereocenters. The van der Waals surface area contributed by atoms with Crippen LogP contribution in [-0.2, 0) is 9.59 Å². The predicted molar refractivity (Wildman–Crippen MR) is 147 cm³/mol. The van der Waals surface area contributed by atoms with Crippen molar-refractivity contribution < 1.29 is 19.8 Å². The van der Waals surface area contributed by atoms with Gasteiger partial charge in [-0.25, -0.2) is 0 Å². The van der Waals surface area contributed by atoms with E-state index in [1.54, 1.807) is 0 Å². The summed E-state index contributed by atoms with van der Waals surface area (Å²) in [5, 5.41) is 21.6. The van der Waals surface area contributed by atoms with Crippen molar-refractivity contribution in [1.82, 2.24) is 0 Å². The van der Waals surface area contributed by atoms with Gasteiger partial charge in [-0.1, -0.05) is 143 Å². The smallest absolute Gasteiger partial charge is 0.550 e. The maximum Gasteiger partial charge on any atom is 2.00 e. The first-order chi connectivity index (χ1) is 16.4. The third-order valence-electron chi connectivity index (χ3n) is 6.75. The van der Waals surface area contributed by atoms with Gasteiger partial charge in [-0.05, 0) is 37.5 Å². The second-order valence-electron chi connectivity index (χ2n) is 10.1. The fourth-order valence-electron chi connectivity index (χ4n) is 4.51. The zero-order valence-electron chi connectivity index (χ0n) is 24.1. The number of carboxylic acid groups (broad SMARTS) is 2. The van der Waals surface area contributed by atoms with E-state index in [1.807, 2.05) is 13.8 Å². The molecule has 35 heavy (non-hydrogen) atoms. The van der Waals surface area contributed by atoms with Gasteiger partial charge in [0.2, 0.25) is 0 Å². The topological polar surface area (TPSA) is 80.3 Å². The number of hydrogen-bond acceptors (Lipinski definition) is 4. The van der Waals surface area contributed by atoms with Crippen molar-refractivity contribution in [2.45, 2.75) is 169 Å². The van der Waals surface area contributed by atoms with Crippen LogP contribution in [-0.4, -0.2) is 35.0 Å². The van der Waals surface area contributed by atoms with Crippen LogP contribution in [0.25, 0.3) is 0 Å². The first-order valence-electron chi connectivity index (χ1n) is 14.9. The van der Waals surface area contributed by atoms with Gasteiger partial charge in [-0.2, -0.15) is 0 Å². The van der Waals surface area contributed by atoms with E-state index in [4.69, 9.17) is 0 Å². The zero-order valence-corrected chi connectivity index (χ0v) is 25.5. The molecule has 4 nitrogen and oxygen atoms in total. The van der Waals surface area contributed by atoms with Crippen LogP contribution < -0.4 is 10.2 Å². The fourth-order valence-corrected chi connectivity index (χ4v) is 4.51. The molecule has 5 heteroatoms. The third-order valence-corrected chi connectivity index (χ3v) is 6.75. The van der Waals surface area contributed by atoms with Gasteiger partial charge in [0, 0.05) is 11.9 Å². The monoisotopic (exact) mass is 506 g/mol. The second kappa shape index (κ2) is 31.7. The second-order valence-corrected chi connectivity index (χ2v) is 10.1. The minimum absolute atomic E-state index is 0. The molecule has 0 aliphatic rings. The SMILES string of the molecule is CCCCCCCCCCC(CCC)C(=O)[O-].CCCCCCCCCCC(CCC)C(=O)[O-].[Mg+2]. The number of carbonyl (C=O) groups excluding carboxylic acids is 2. The summed E-state index contributed by atoms with van der Waals surface area (Å²) in [6.07, 6.45) is 25.3. The molecule has 0 rings (SSSR count). The zero-order chi connectivity index (χ0) is 25.9. The Hall–Kier alpha value is -0.294. The van der Waals surface area contributed by atoms with E-state index in [2.05, 4.69) is 13.8 Å². The summed E-state index contributed by atoms with van der Waals surface area (Å²) in [5.41, 5.74) is 0. The van der Waals surface area contributed by atoms with E-state index in [9.17, 15) is 19.8 Å². The van der Waals surface area contributed by atoms with E-state index in [0.717, 1.165) is 51.4 Å². The molecule has 0 bridgehead atoms. The number of aliphatic carboxylic acids is 2. The number of carboxylic acids is 2. The molecule has 204 valence electrons. The molecular weight excluding hydrogens is 449 g/mol. The van der Waals surface area contributed by atoms with Crippen molar-refractivity contribution in [1.29, 1.82) is 0 Å². The van der Waals surface area contributed by atoms with Crippen LogP contribution in [0.2, 0.25) is 0 Å². The molecule has 2 atom stereocenters. The summed E-state index contributed by atoms with van der Waals surface area (Å²) in [7, 11) is 0. The number of unbranched alkanes of at least 4 members (excludes halogenated alkanes) is 14. The standard InChI is InChI=1S/2C15H30O2.Mg/c2*1-3-5-6-7-8-9-10-11-13-14(12-4-2)15(16)17;/h2*14H,3-13H2,1-2H3,(H,16,17);/q;;+2/p-2. The number of rotatable bonds is 24. The molecule has 0 amide bonds. The van der Waals surface area contributed by atoms with Crippen LogP contribution in [0.5, 0.6) is 0 Å².